The summed E-state index contributed by atoms with van der Waals surface area (Å²) in [6.45, 7) is 0.0948. The number of aromatic amines is 1. The van der Waals surface area contributed by atoms with E-state index < -0.39 is 10.5 Å². The molecule has 1 heterocycles. The van der Waals surface area contributed by atoms with E-state index in [9.17, 15) is 14.9 Å². The van der Waals surface area contributed by atoms with Crippen LogP contribution in [0.4, 0.5) is 5.69 Å². The van der Waals surface area contributed by atoms with Crippen molar-refractivity contribution in [1.82, 2.24) is 9.97 Å². The first kappa shape index (κ1) is 11.9. The standard InChI is InChI=1S/C11H10N4O3/c12-6-7-5-10(16)14-11(13-7)8-3-1-2-4-9(8)15(17)18/h1-5H,6,12H2,(H,13,14,16). The SMILES string of the molecule is NCc1cc(=O)[nH]c(-c2ccccc2[N+](=O)[O-])n1. The molecule has 0 saturated carbocycles. The fourth-order valence-electron chi connectivity index (χ4n) is 1.57. The lowest BCUT2D eigenvalue weighted by Crippen LogP contribution is -2.13. The number of nitrogens with zero attached hydrogens (tertiary/aromatic N) is 2. The van der Waals surface area contributed by atoms with Gasteiger partial charge in [-0.3, -0.25) is 14.9 Å². The minimum Gasteiger partial charge on any atom is -0.325 e. The molecule has 18 heavy (non-hydrogen) atoms. The Balaban J connectivity index is 2.65. The highest BCUT2D eigenvalue weighted by Crippen LogP contribution is 2.25. The molecule has 0 saturated heterocycles. The lowest BCUT2D eigenvalue weighted by atomic mass is 10.1. The number of rotatable bonds is 3. The molecule has 1 aromatic heterocycles. The van der Waals surface area contributed by atoms with Gasteiger partial charge in [0.1, 0.15) is 5.82 Å². The second kappa shape index (κ2) is 4.76. The fourth-order valence-corrected chi connectivity index (χ4v) is 1.57. The number of nitrogens with one attached hydrogen (secondary N) is 1. The molecule has 3 N–H and O–H groups in total. The Morgan fingerprint density at radius 2 is 2.11 bits per heavy atom. The topological polar surface area (TPSA) is 115 Å². The zero-order chi connectivity index (χ0) is 13.1. The molecule has 0 spiro atoms. The monoisotopic (exact) mass is 246 g/mol. The summed E-state index contributed by atoms with van der Waals surface area (Å²) in [6.07, 6.45) is 0. The van der Waals surface area contributed by atoms with Crippen LogP contribution in [-0.2, 0) is 6.54 Å². The van der Waals surface area contributed by atoms with E-state index in [1.165, 1.54) is 18.2 Å². The van der Waals surface area contributed by atoms with Crippen molar-refractivity contribution in [2.24, 2.45) is 5.73 Å². The maximum atomic E-state index is 11.4. The number of para-hydroxylation sites is 1. The Labute approximate surface area is 101 Å². The van der Waals surface area contributed by atoms with Gasteiger partial charge in [-0.15, -0.1) is 0 Å². The van der Waals surface area contributed by atoms with Crippen molar-refractivity contribution in [3.8, 4) is 11.4 Å². The number of benzene rings is 1. The maximum absolute atomic E-state index is 11.4. The van der Waals surface area contributed by atoms with E-state index in [4.69, 9.17) is 5.73 Å². The zero-order valence-electron chi connectivity index (χ0n) is 9.29. The van der Waals surface area contributed by atoms with Crippen LogP contribution in [0.5, 0.6) is 0 Å². The molecule has 0 bridgehead atoms. The molecule has 0 amide bonds. The van der Waals surface area contributed by atoms with Gasteiger partial charge in [0.15, 0.2) is 0 Å². The van der Waals surface area contributed by atoms with Crippen LogP contribution in [0.1, 0.15) is 5.69 Å². The lowest BCUT2D eigenvalue weighted by molar-refractivity contribution is -0.384. The van der Waals surface area contributed by atoms with Gasteiger partial charge in [0.05, 0.1) is 16.2 Å². The van der Waals surface area contributed by atoms with E-state index in [0.29, 0.717) is 5.69 Å². The van der Waals surface area contributed by atoms with Crippen LogP contribution in [0.15, 0.2) is 35.1 Å². The molecule has 7 nitrogen and oxygen atoms in total. The van der Waals surface area contributed by atoms with Crippen LogP contribution < -0.4 is 11.3 Å². The fraction of sp³-hybridized carbons (Fsp3) is 0.0909. The van der Waals surface area contributed by atoms with Crippen LogP contribution in [-0.4, -0.2) is 14.9 Å². The first-order chi connectivity index (χ1) is 8.61. The molecular weight excluding hydrogens is 236 g/mol. The van der Waals surface area contributed by atoms with Crippen molar-refractivity contribution < 1.29 is 4.92 Å². The van der Waals surface area contributed by atoms with E-state index >= 15 is 0 Å². The maximum Gasteiger partial charge on any atom is 0.280 e. The molecule has 0 fully saturated rings. The van der Waals surface area contributed by atoms with Crippen molar-refractivity contribution in [2.75, 3.05) is 0 Å². The minimum atomic E-state index is -0.523. The molecule has 2 rings (SSSR count). The summed E-state index contributed by atoms with van der Waals surface area (Å²) < 4.78 is 0. The third-order valence-electron chi connectivity index (χ3n) is 2.36. The van der Waals surface area contributed by atoms with E-state index in [-0.39, 0.29) is 23.6 Å². The van der Waals surface area contributed by atoms with E-state index in [1.54, 1.807) is 12.1 Å². The number of H-pyrrole nitrogens is 1. The highest BCUT2D eigenvalue weighted by Gasteiger charge is 2.16. The number of hydrogen-bond donors (Lipinski definition) is 2. The van der Waals surface area contributed by atoms with E-state index in [2.05, 4.69) is 9.97 Å². The Hall–Kier alpha value is -2.54. The summed E-state index contributed by atoms with van der Waals surface area (Å²) in [5.74, 6) is 0.148. The second-order valence-corrected chi connectivity index (χ2v) is 3.56. The predicted molar refractivity (Wildman–Crippen MR) is 64.8 cm³/mol. The third kappa shape index (κ3) is 2.25. The smallest absolute Gasteiger partial charge is 0.280 e. The van der Waals surface area contributed by atoms with Crippen molar-refractivity contribution in [3.63, 3.8) is 0 Å². The highest BCUT2D eigenvalue weighted by atomic mass is 16.6. The largest absolute Gasteiger partial charge is 0.325 e. The lowest BCUT2D eigenvalue weighted by Gasteiger charge is -2.03. The molecule has 1 aromatic carbocycles. The Bertz CT molecular complexity index is 651. The molecule has 0 aliphatic heterocycles. The van der Waals surface area contributed by atoms with Gasteiger partial charge < -0.3 is 10.7 Å². The van der Waals surface area contributed by atoms with Gasteiger partial charge in [-0.2, -0.15) is 0 Å². The molecule has 0 aliphatic carbocycles. The predicted octanol–water partition coefficient (Wildman–Crippen LogP) is 0.804. The Kier molecular flexibility index (Phi) is 3.16. The van der Waals surface area contributed by atoms with Crippen LogP contribution in [0, 0.1) is 10.1 Å². The minimum absolute atomic E-state index is 0.0948. The van der Waals surface area contributed by atoms with Crippen LogP contribution >= 0.6 is 0 Å². The summed E-state index contributed by atoms with van der Waals surface area (Å²) >= 11 is 0. The van der Waals surface area contributed by atoms with Gasteiger partial charge in [-0.05, 0) is 6.07 Å². The first-order valence-electron chi connectivity index (χ1n) is 5.16. The number of aromatic nitrogens is 2. The summed E-state index contributed by atoms with van der Waals surface area (Å²) in [5.41, 5.74) is 5.55. The van der Waals surface area contributed by atoms with E-state index in [1.807, 2.05) is 0 Å². The van der Waals surface area contributed by atoms with Crippen LogP contribution in [0.3, 0.4) is 0 Å². The Morgan fingerprint density at radius 1 is 1.39 bits per heavy atom. The zero-order valence-corrected chi connectivity index (χ0v) is 9.29. The average Bonchev–Trinajstić information content (AvgIpc) is 2.38. The number of hydrogen-bond acceptors (Lipinski definition) is 5. The number of nitrogens with two attached hydrogens (primary N) is 1. The van der Waals surface area contributed by atoms with Gasteiger partial charge in [0.25, 0.3) is 11.2 Å². The van der Waals surface area contributed by atoms with Crippen LogP contribution in [0.25, 0.3) is 11.4 Å². The summed E-state index contributed by atoms with van der Waals surface area (Å²) in [5, 5.41) is 10.9. The number of nitro benzene ring substituents is 1. The molecule has 0 radical (unpaired) electrons. The molecular formula is C11H10N4O3. The summed E-state index contributed by atoms with van der Waals surface area (Å²) in [7, 11) is 0. The second-order valence-electron chi connectivity index (χ2n) is 3.56. The highest BCUT2D eigenvalue weighted by molar-refractivity contribution is 5.67. The van der Waals surface area contributed by atoms with Gasteiger partial charge in [-0.1, -0.05) is 12.1 Å². The van der Waals surface area contributed by atoms with Gasteiger partial charge in [-0.25, -0.2) is 4.98 Å². The number of nitro groups is 1. The van der Waals surface area contributed by atoms with E-state index in [0.717, 1.165) is 0 Å². The van der Waals surface area contributed by atoms with Crippen molar-refractivity contribution in [2.45, 2.75) is 6.54 Å². The average molecular weight is 246 g/mol. The molecule has 0 unspecified atom stereocenters. The molecule has 0 aliphatic rings. The van der Waals surface area contributed by atoms with Gasteiger partial charge in [0.2, 0.25) is 0 Å². The molecule has 0 atom stereocenters. The van der Waals surface area contributed by atoms with Crippen molar-refractivity contribution in [3.05, 3.63) is 56.5 Å². The summed E-state index contributed by atoms with van der Waals surface area (Å²) in [6, 6.07) is 7.32. The molecule has 7 heteroatoms. The molecule has 92 valence electrons. The molecule has 2 aromatic rings. The quantitative estimate of drug-likeness (QED) is 0.614. The van der Waals surface area contributed by atoms with Gasteiger partial charge in [0, 0.05) is 18.7 Å². The van der Waals surface area contributed by atoms with Gasteiger partial charge >= 0.3 is 0 Å². The third-order valence-corrected chi connectivity index (χ3v) is 2.36. The normalized spacial score (nSPS) is 10.3. The first-order valence-corrected chi connectivity index (χ1v) is 5.16. The van der Waals surface area contributed by atoms with Crippen LogP contribution in [0.2, 0.25) is 0 Å². The van der Waals surface area contributed by atoms with Crippen molar-refractivity contribution >= 4 is 5.69 Å². The van der Waals surface area contributed by atoms with Crippen molar-refractivity contribution in [1.29, 1.82) is 0 Å². The summed E-state index contributed by atoms with van der Waals surface area (Å²) in [4.78, 5) is 28.3. The Morgan fingerprint density at radius 3 is 2.78 bits per heavy atom.